The van der Waals surface area contributed by atoms with Crippen LogP contribution in [0.4, 0.5) is 5.13 Å². The Kier molecular flexibility index (Phi) is 4.51. The fourth-order valence-corrected chi connectivity index (χ4v) is 4.21. The molecule has 0 aliphatic carbocycles. The molecule has 1 unspecified atom stereocenters. The predicted octanol–water partition coefficient (Wildman–Crippen LogP) is 4.20. The maximum absolute atomic E-state index is 4.43. The van der Waals surface area contributed by atoms with Gasteiger partial charge in [-0.3, -0.25) is 4.98 Å². The molecule has 0 saturated carbocycles. The lowest BCUT2D eigenvalue weighted by Gasteiger charge is -2.23. The molecular formula is C19H20N4S. The summed E-state index contributed by atoms with van der Waals surface area (Å²) in [5.74, 6) is 0. The van der Waals surface area contributed by atoms with E-state index in [1.54, 1.807) is 17.5 Å². The van der Waals surface area contributed by atoms with Crippen LogP contribution in [0.25, 0.3) is 10.7 Å². The molecule has 4 nitrogen and oxygen atoms in total. The van der Waals surface area contributed by atoms with Crippen LogP contribution in [-0.2, 0) is 6.42 Å². The van der Waals surface area contributed by atoms with Gasteiger partial charge in [-0.15, -0.1) is 10.2 Å². The molecule has 0 amide bonds. The Morgan fingerprint density at radius 1 is 1.04 bits per heavy atom. The summed E-state index contributed by atoms with van der Waals surface area (Å²) in [5.41, 5.74) is 2.32. The van der Waals surface area contributed by atoms with Crippen LogP contribution in [0.2, 0.25) is 0 Å². The highest BCUT2D eigenvalue weighted by Crippen LogP contribution is 2.33. The molecule has 1 fully saturated rings. The number of aryl methyl sites for hydroxylation is 1. The highest BCUT2D eigenvalue weighted by atomic mass is 32.1. The molecule has 1 aliphatic heterocycles. The molecule has 122 valence electrons. The molecule has 1 saturated heterocycles. The molecule has 0 bridgehead atoms. The van der Waals surface area contributed by atoms with Crippen LogP contribution < -0.4 is 4.90 Å². The first kappa shape index (κ1) is 15.3. The second-order valence-corrected chi connectivity index (χ2v) is 7.07. The van der Waals surface area contributed by atoms with Crippen LogP contribution >= 0.6 is 11.3 Å². The molecule has 3 aromatic rings. The minimum absolute atomic E-state index is 0.565. The van der Waals surface area contributed by atoms with Crippen molar-refractivity contribution in [3.05, 3.63) is 60.3 Å². The van der Waals surface area contributed by atoms with Crippen LogP contribution in [-0.4, -0.2) is 27.8 Å². The maximum Gasteiger partial charge on any atom is 0.208 e. The first-order valence-corrected chi connectivity index (χ1v) is 9.27. The van der Waals surface area contributed by atoms with Crippen molar-refractivity contribution in [2.24, 2.45) is 0 Å². The minimum Gasteiger partial charge on any atom is -0.344 e. The van der Waals surface area contributed by atoms with E-state index in [1.807, 2.05) is 18.2 Å². The van der Waals surface area contributed by atoms with Crippen LogP contribution in [0.15, 0.2) is 54.7 Å². The molecule has 3 heterocycles. The maximum atomic E-state index is 4.43. The van der Waals surface area contributed by atoms with E-state index in [1.165, 1.54) is 24.8 Å². The van der Waals surface area contributed by atoms with Gasteiger partial charge in [0, 0.05) is 18.8 Å². The summed E-state index contributed by atoms with van der Waals surface area (Å²) < 4.78 is 0. The van der Waals surface area contributed by atoms with Crippen molar-refractivity contribution in [2.45, 2.75) is 31.7 Å². The van der Waals surface area contributed by atoms with E-state index < -0.39 is 0 Å². The number of benzene rings is 1. The van der Waals surface area contributed by atoms with E-state index in [2.05, 4.69) is 50.4 Å². The van der Waals surface area contributed by atoms with Gasteiger partial charge >= 0.3 is 0 Å². The van der Waals surface area contributed by atoms with Gasteiger partial charge in [0.1, 0.15) is 5.69 Å². The zero-order valence-electron chi connectivity index (χ0n) is 13.5. The standard InChI is InChI=1S/C19H20N4S/c1-2-7-15(8-3-1)11-12-16-9-6-14-23(16)19-22-21-18(24-19)17-10-4-5-13-20-17/h1-5,7-8,10,13,16H,6,9,11-12,14H2. The van der Waals surface area contributed by atoms with Crippen LogP contribution in [0.3, 0.4) is 0 Å². The third-order valence-corrected chi connectivity index (χ3v) is 5.51. The molecule has 5 heteroatoms. The first-order valence-electron chi connectivity index (χ1n) is 8.45. The molecule has 1 aromatic carbocycles. The van der Waals surface area contributed by atoms with E-state index in [9.17, 15) is 0 Å². The number of anilines is 1. The van der Waals surface area contributed by atoms with Gasteiger partial charge in [-0.2, -0.15) is 0 Å². The Morgan fingerprint density at radius 3 is 2.75 bits per heavy atom. The lowest BCUT2D eigenvalue weighted by atomic mass is 10.0. The third-order valence-electron chi connectivity index (χ3n) is 4.53. The number of aromatic nitrogens is 3. The van der Waals surface area contributed by atoms with Crippen molar-refractivity contribution in [3.8, 4) is 10.7 Å². The SMILES string of the molecule is c1ccc(CCC2CCCN2c2nnc(-c3ccccn3)s2)cc1. The average molecular weight is 336 g/mol. The summed E-state index contributed by atoms with van der Waals surface area (Å²) in [6.07, 6.45) is 6.56. The first-order chi connectivity index (χ1) is 11.9. The Morgan fingerprint density at radius 2 is 1.92 bits per heavy atom. The topological polar surface area (TPSA) is 41.9 Å². The summed E-state index contributed by atoms with van der Waals surface area (Å²) in [6.45, 7) is 1.08. The van der Waals surface area contributed by atoms with Crippen LogP contribution in [0.1, 0.15) is 24.8 Å². The molecule has 2 aromatic heterocycles. The van der Waals surface area contributed by atoms with Crippen molar-refractivity contribution in [1.29, 1.82) is 0 Å². The van der Waals surface area contributed by atoms with E-state index in [-0.39, 0.29) is 0 Å². The Bertz CT molecular complexity index is 772. The smallest absolute Gasteiger partial charge is 0.208 e. The minimum atomic E-state index is 0.565. The zero-order valence-corrected chi connectivity index (χ0v) is 14.3. The number of nitrogens with zero attached hydrogens (tertiary/aromatic N) is 4. The summed E-state index contributed by atoms with van der Waals surface area (Å²) in [5, 5.41) is 10.7. The predicted molar refractivity (Wildman–Crippen MR) is 98.3 cm³/mol. The third kappa shape index (κ3) is 3.31. The van der Waals surface area contributed by atoms with E-state index in [0.717, 1.165) is 28.8 Å². The fraction of sp³-hybridized carbons (Fsp3) is 0.316. The highest BCUT2D eigenvalue weighted by Gasteiger charge is 2.27. The molecule has 0 radical (unpaired) electrons. The lowest BCUT2D eigenvalue weighted by molar-refractivity contribution is 0.608. The van der Waals surface area contributed by atoms with E-state index in [0.29, 0.717) is 6.04 Å². The van der Waals surface area contributed by atoms with Crippen molar-refractivity contribution in [2.75, 3.05) is 11.4 Å². The van der Waals surface area contributed by atoms with Crippen molar-refractivity contribution in [1.82, 2.24) is 15.2 Å². The number of hydrogen-bond donors (Lipinski definition) is 0. The molecule has 0 N–H and O–H groups in total. The molecule has 1 aliphatic rings. The summed E-state index contributed by atoms with van der Waals surface area (Å²) >= 11 is 1.65. The lowest BCUT2D eigenvalue weighted by Crippen LogP contribution is -2.29. The number of rotatable bonds is 5. The van der Waals surface area contributed by atoms with Gasteiger partial charge in [0.15, 0.2) is 5.01 Å². The van der Waals surface area contributed by atoms with Crippen molar-refractivity contribution in [3.63, 3.8) is 0 Å². The van der Waals surface area contributed by atoms with Gasteiger partial charge in [0.05, 0.1) is 0 Å². The summed E-state index contributed by atoms with van der Waals surface area (Å²) in [7, 11) is 0. The van der Waals surface area contributed by atoms with Crippen molar-refractivity contribution < 1.29 is 0 Å². The van der Waals surface area contributed by atoms with Crippen molar-refractivity contribution >= 4 is 16.5 Å². The van der Waals surface area contributed by atoms with Gasteiger partial charge in [0.25, 0.3) is 0 Å². The fourth-order valence-electron chi connectivity index (χ4n) is 3.29. The Hall–Kier alpha value is -2.27. The largest absolute Gasteiger partial charge is 0.344 e. The van der Waals surface area contributed by atoms with Gasteiger partial charge in [-0.1, -0.05) is 47.7 Å². The summed E-state index contributed by atoms with van der Waals surface area (Å²) in [4.78, 5) is 6.81. The van der Waals surface area contributed by atoms with Gasteiger partial charge in [-0.05, 0) is 43.4 Å². The highest BCUT2D eigenvalue weighted by molar-refractivity contribution is 7.18. The zero-order chi connectivity index (χ0) is 16.2. The number of hydrogen-bond acceptors (Lipinski definition) is 5. The number of pyridine rings is 1. The van der Waals surface area contributed by atoms with Crippen LogP contribution in [0.5, 0.6) is 0 Å². The van der Waals surface area contributed by atoms with E-state index >= 15 is 0 Å². The van der Waals surface area contributed by atoms with Gasteiger partial charge in [-0.25, -0.2) is 0 Å². The molecule has 0 spiro atoms. The van der Waals surface area contributed by atoms with E-state index in [4.69, 9.17) is 0 Å². The quantitative estimate of drug-likeness (QED) is 0.700. The van der Waals surface area contributed by atoms with Gasteiger partial charge in [0.2, 0.25) is 5.13 Å². The van der Waals surface area contributed by atoms with Crippen LogP contribution in [0, 0.1) is 0 Å². The molecule has 4 rings (SSSR count). The Labute approximate surface area is 146 Å². The molecule has 24 heavy (non-hydrogen) atoms. The Balaban J connectivity index is 1.46. The summed E-state index contributed by atoms with van der Waals surface area (Å²) in [6, 6.07) is 17.2. The second kappa shape index (κ2) is 7.09. The average Bonchev–Trinajstić information content (AvgIpc) is 3.31. The normalized spacial score (nSPS) is 17.3. The molecular weight excluding hydrogens is 316 g/mol. The second-order valence-electron chi connectivity index (χ2n) is 6.12. The monoisotopic (exact) mass is 336 g/mol. The molecule has 1 atom stereocenters. The van der Waals surface area contributed by atoms with Gasteiger partial charge < -0.3 is 4.90 Å².